The number of benzene rings is 1. The lowest BCUT2D eigenvalue weighted by Gasteiger charge is -2.32. The zero-order chi connectivity index (χ0) is 25.6. The predicted octanol–water partition coefficient (Wildman–Crippen LogP) is 1.25. The van der Waals surface area contributed by atoms with Crippen molar-refractivity contribution < 1.29 is 29.4 Å². The van der Waals surface area contributed by atoms with Gasteiger partial charge < -0.3 is 25.7 Å². The number of hydrogen-bond acceptors (Lipinski definition) is 6. The highest BCUT2D eigenvalue weighted by Crippen LogP contribution is 2.24. The first-order chi connectivity index (χ1) is 15.8. The van der Waals surface area contributed by atoms with Crippen LogP contribution in [0.3, 0.4) is 0 Å². The average Bonchev–Trinajstić information content (AvgIpc) is 3.26. The summed E-state index contributed by atoms with van der Waals surface area (Å²) in [5, 5.41) is 25.8. The van der Waals surface area contributed by atoms with Crippen LogP contribution in [0, 0.1) is 11.8 Å². The lowest BCUT2D eigenvalue weighted by atomic mass is 9.93. The highest BCUT2D eigenvalue weighted by Gasteiger charge is 2.41. The van der Waals surface area contributed by atoms with Crippen LogP contribution in [0.25, 0.3) is 0 Å². The number of carboxylic acid groups (broad SMARTS) is 1. The molecule has 1 aliphatic heterocycles. The molecule has 1 fully saturated rings. The van der Waals surface area contributed by atoms with E-state index in [4.69, 9.17) is 0 Å². The van der Waals surface area contributed by atoms with Crippen LogP contribution in [-0.4, -0.2) is 74.2 Å². The van der Waals surface area contributed by atoms with Crippen LogP contribution in [0.4, 0.5) is 0 Å². The standard InChI is InChI=1S/C24H35N3O6S/c1-14(15(2)23(32)33)20(29)25-17(11-16-9-7-6-8-10-16)19(28)22(31)27-13-34-12-18(27)21(30)26-24(3,4)5/h6-10,14-15,17-19,28H,11-13H2,1-5H3,(H,25,29)(H,26,30)(H,32,33)/t14?,15?,17-,18-,19-/m0/s1. The number of carboxylic acids is 1. The molecule has 1 aliphatic rings. The average molecular weight is 494 g/mol. The summed E-state index contributed by atoms with van der Waals surface area (Å²) in [5.74, 6) is -3.79. The van der Waals surface area contributed by atoms with E-state index in [1.165, 1.54) is 30.5 Å². The van der Waals surface area contributed by atoms with Crippen LogP contribution < -0.4 is 10.6 Å². The van der Waals surface area contributed by atoms with Gasteiger partial charge in [0.15, 0.2) is 6.10 Å². The summed E-state index contributed by atoms with van der Waals surface area (Å²) in [6.45, 7) is 8.46. The van der Waals surface area contributed by atoms with Crippen molar-refractivity contribution in [1.29, 1.82) is 0 Å². The minimum Gasteiger partial charge on any atom is -0.481 e. The number of nitrogens with zero attached hydrogens (tertiary/aromatic N) is 1. The zero-order valence-electron chi connectivity index (χ0n) is 20.3. The third-order valence-electron chi connectivity index (χ3n) is 5.78. The lowest BCUT2D eigenvalue weighted by molar-refractivity contribution is -0.148. The maximum absolute atomic E-state index is 13.3. The van der Waals surface area contributed by atoms with Crippen molar-refractivity contribution in [3.63, 3.8) is 0 Å². The molecule has 0 bridgehead atoms. The molecule has 1 saturated heterocycles. The molecule has 2 rings (SSSR count). The van der Waals surface area contributed by atoms with E-state index in [0.717, 1.165) is 5.56 Å². The summed E-state index contributed by atoms with van der Waals surface area (Å²) in [6, 6.07) is 7.34. The monoisotopic (exact) mass is 493 g/mol. The zero-order valence-corrected chi connectivity index (χ0v) is 21.1. The molecule has 10 heteroatoms. The Bertz CT molecular complexity index is 888. The molecular weight excluding hydrogens is 458 g/mol. The van der Waals surface area contributed by atoms with Crippen molar-refractivity contribution in [3.8, 4) is 0 Å². The van der Waals surface area contributed by atoms with E-state index in [2.05, 4.69) is 10.6 Å². The van der Waals surface area contributed by atoms with Gasteiger partial charge in [-0.3, -0.25) is 19.2 Å². The molecule has 1 aromatic carbocycles. The van der Waals surface area contributed by atoms with Gasteiger partial charge in [-0.05, 0) is 32.8 Å². The van der Waals surface area contributed by atoms with Crippen LogP contribution in [0.1, 0.15) is 40.2 Å². The number of thioether (sulfide) groups is 1. The Balaban J connectivity index is 2.23. The van der Waals surface area contributed by atoms with Crippen LogP contribution in [0.15, 0.2) is 30.3 Å². The van der Waals surface area contributed by atoms with Crippen molar-refractivity contribution in [2.75, 3.05) is 11.6 Å². The van der Waals surface area contributed by atoms with Gasteiger partial charge in [0.25, 0.3) is 5.91 Å². The van der Waals surface area contributed by atoms with Crippen LogP contribution >= 0.6 is 11.8 Å². The Morgan fingerprint density at radius 1 is 1.12 bits per heavy atom. The van der Waals surface area contributed by atoms with Gasteiger partial charge in [0.2, 0.25) is 11.8 Å². The van der Waals surface area contributed by atoms with E-state index in [9.17, 15) is 29.4 Å². The summed E-state index contributed by atoms with van der Waals surface area (Å²) < 4.78 is 0. The molecule has 0 radical (unpaired) electrons. The first-order valence-electron chi connectivity index (χ1n) is 11.3. The summed E-state index contributed by atoms with van der Waals surface area (Å²) in [4.78, 5) is 51.5. The fourth-order valence-corrected chi connectivity index (χ4v) is 4.70. The summed E-state index contributed by atoms with van der Waals surface area (Å²) >= 11 is 1.41. The highest BCUT2D eigenvalue weighted by atomic mass is 32.2. The molecular formula is C24H35N3O6S. The number of carbonyl (C=O) groups excluding carboxylic acids is 3. The number of aliphatic hydroxyl groups is 1. The van der Waals surface area contributed by atoms with E-state index < -0.39 is 53.3 Å². The van der Waals surface area contributed by atoms with Gasteiger partial charge in [-0.2, -0.15) is 0 Å². The van der Waals surface area contributed by atoms with E-state index in [1.54, 1.807) is 0 Å². The maximum atomic E-state index is 13.3. The van der Waals surface area contributed by atoms with Crippen LogP contribution in [-0.2, 0) is 25.6 Å². The summed E-state index contributed by atoms with van der Waals surface area (Å²) in [5.41, 5.74) is 0.315. The Labute approximate surface area is 204 Å². The van der Waals surface area contributed by atoms with Crippen LogP contribution in [0.5, 0.6) is 0 Å². The third-order valence-corrected chi connectivity index (χ3v) is 6.79. The summed E-state index contributed by atoms with van der Waals surface area (Å²) in [6.07, 6.45) is -1.45. The fourth-order valence-electron chi connectivity index (χ4n) is 3.54. The molecule has 34 heavy (non-hydrogen) atoms. The molecule has 5 atom stereocenters. The molecule has 188 valence electrons. The third kappa shape index (κ3) is 7.46. The molecule has 0 spiro atoms. The molecule has 1 heterocycles. The van der Waals surface area contributed by atoms with E-state index in [1.807, 2.05) is 51.1 Å². The Morgan fingerprint density at radius 2 is 1.74 bits per heavy atom. The molecule has 9 nitrogen and oxygen atoms in total. The normalized spacial score (nSPS) is 19.6. The molecule has 4 N–H and O–H groups in total. The van der Waals surface area contributed by atoms with Crippen LogP contribution in [0.2, 0.25) is 0 Å². The second-order valence-electron chi connectivity index (χ2n) is 9.73. The van der Waals surface area contributed by atoms with E-state index >= 15 is 0 Å². The smallest absolute Gasteiger partial charge is 0.307 e. The Morgan fingerprint density at radius 3 is 2.29 bits per heavy atom. The van der Waals surface area contributed by atoms with Gasteiger partial charge in [0, 0.05) is 17.2 Å². The van der Waals surface area contributed by atoms with Gasteiger partial charge >= 0.3 is 5.97 Å². The second kappa shape index (κ2) is 11.7. The first kappa shape index (κ1) is 27.7. The Hall–Kier alpha value is -2.59. The number of aliphatic carboxylic acids is 1. The quantitative estimate of drug-likeness (QED) is 0.406. The van der Waals surface area contributed by atoms with Crippen molar-refractivity contribution in [2.45, 2.75) is 64.8 Å². The number of amides is 3. The number of nitrogens with one attached hydrogen (secondary N) is 2. The molecule has 0 saturated carbocycles. The molecule has 2 unspecified atom stereocenters. The Kier molecular flexibility index (Phi) is 9.52. The molecule has 0 aliphatic carbocycles. The number of hydrogen-bond donors (Lipinski definition) is 4. The van der Waals surface area contributed by atoms with Gasteiger partial charge in [0.1, 0.15) is 6.04 Å². The van der Waals surface area contributed by atoms with Gasteiger partial charge in [-0.15, -0.1) is 11.8 Å². The van der Waals surface area contributed by atoms with Gasteiger partial charge in [0.05, 0.1) is 17.8 Å². The van der Waals surface area contributed by atoms with E-state index in [0.29, 0.717) is 5.75 Å². The predicted molar refractivity (Wildman–Crippen MR) is 130 cm³/mol. The fraction of sp³-hybridized carbons (Fsp3) is 0.583. The largest absolute Gasteiger partial charge is 0.481 e. The second-order valence-corrected chi connectivity index (χ2v) is 10.7. The SMILES string of the molecule is CC(C(=O)O)C(C)C(=O)N[C@@H](Cc1ccccc1)[C@H](O)C(=O)N1CSC[C@H]1C(=O)NC(C)(C)C. The molecule has 1 aromatic rings. The van der Waals surface area contributed by atoms with Gasteiger partial charge in [-0.25, -0.2) is 0 Å². The topological polar surface area (TPSA) is 136 Å². The summed E-state index contributed by atoms with van der Waals surface area (Å²) in [7, 11) is 0. The van der Waals surface area contributed by atoms with E-state index in [-0.39, 0.29) is 18.2 Å². The number of aliphatic hydroxyl groups excluding tert-OH is 1. The van der Waals surface area contributed by atoms with Crippen molar-refractivity contribution in [3.05, 3.63) is 35.9 Å². The van der Waals surface area contributed by atoms with Gasteiger partial charge in [-0.1, -0.05) is 44.2 Å². The number of rotatable bonds is 9. The molecule has 3 amide bonds. The maximum Gasteiger partial charge on any atom is 0.307 e. The lowest BCUT2D eigenvalue weighted by Crippen LogP contribution is -2.58. The highest BCUT2D eigenvalue weighted by molar-refractivity contribution is 7.99. The minimum atomic E-state index is -1.61. The van der Waals surface area contributed by atoms with Crippen molar-refractivity contribution >= 4 is 35.5 Å². The van der Waals surface area contributed by atoms with Crippen molar-refractivity contribution in [1.82, 2.24) is 15.5 Å². The van der Waals surface area contributed by atoms with Crippen molar-refractivity contribution in [2.24, 2.45) is 11.8 Å². The minimum absolute atomic E-state index is 0.160. The number of carbonyl (C=O) groups is 4. The first-order valence-corrected chi connectivity index (χ1v) is 12.4. The molecule has 0 aromatic heterocycles.